The Balaban J connectivity index is 1.82. The van der Waals surface area contributed by atoms with Gasteiger partial charge in [0.1, 0.15) is 11.6 Å². The van der Waals surface area contributed by atoms with Gasteiger partial charge in [-0.3, -0.25) is 19.4 Å². The second kappa shape index (κ2) is 6.63. The standard InChI is InChI=1S/C18H21N3O3S/c22-13-8-4-5-11(9-13)16-15-17(19-14(23)10-25-16)21(20-18(15)24)12-6-2-1-3-7-12/h4-5,8-9,12,16,22H,1-3,6-7,10H2,(H,19,23)(H,20,24). The number of carbonyl (C=O) groups is 1. The number of aromatic hydroxyl groups is 1. The number of carbonyl (C=O) groups excluding carboxylic acids is 1. The summed E-state index contributed by atoms with van der Waals surface area (Å²) in [6.45, 7) is 0. The molecule has 1 fully saturated rings. The molecule has 2 aliphatic rings. The zero-order chi connectivity index (χ0) is 17.4. The molecule has 4 rings (SSSR count). The Labute approximate surface area is 149 Å². The number of aromatic amines is 1. The number of fused-ring (bicyclic) bond motifs is 1. The van der Waals surface area contributed by atoms with Gasteiger partial charge in [-0.15, -0.1) is 11.8 Å². The van der Waals surface area contributed by atoms with Gasteiger partial charge in [0.15, 0.2) is 0 Å². The van der Waals surface area contributed by atoms with Crippen LogP contribution in [0.3, 0.4) is 0 Å². The molecule has 25 heavy (non-hydrogen) atoms. The molecule has 1 unspecified atom stereocenters. The molecule has 1 aromatic carbocycles. The Kier molecular flexibility index (Phi) is 4.33. The van der Waals surface area contributed by atoms with Crippen LogP contribution in [0.4, 0.5) is 5.82 Å². The fourth-order valence-electron chi connectivity index (χ4n) is 3.81. The van der Waals surface area contributed by atoms with E-state index in [0.29, 0.717) is 11.4 Å². The third-order valence-electron chi connectivity index (χ3n) is 4.98. The Morgan fingerprint density at radius 3 is 2.72 bits per heavy atom. The van der Waals surface area contributed by atoms with Gasteiger partial charge in [-0.1, -0.05) is 31.4 Å². The van der Waals surface area contributed by atoms with Crippen molar-refractivity contribution in [3.8, 4) is 5.75 Å². The summed E-state index contributed by atoms with van der Waals surface area (Å²) in [6, 6.07) is 7.13. The van der Waals surface area contributed by atoms with E-state index in [1.54, 1.807) is 18.2 Å². The quantitative estimate of drug-likeness (QED) is 0.769. The minimum absolute atomic E-state index is 0.0996. The third kappa shape index (κ3) is 3.08. The highest BCUT2D eigenvalue weighted by Crippen LogP contribution is 2.42. The van der Waals surface area contributed by atoms with Gasteiger partial charge in [0.05, 0.1) is 22.6 Å². The average molecular weight is 359 g/mol. The number of nitrogens with zero attached hydrogens (tertiary/aromatic N) is 1. The van der Waals surface area contributed by atoms with Crippen LogP contribution in [0.1, 0.15) is 54.5 Å². The largest absolute Gasteiger partial charge is 0.508 e. The monoisotopic (exact) mass is 359 g/mol. The summed E-state index contributed by atoms with van der Waals surface area (Å²) < 4.78 is 1.87. The van der Waals surface area contributed by atoms with Crippen LogP contribution < -0.4 is 10.9 Å². The zero-order valence-electron chi connectivity index (χ0n) is 13.8. The summed E-state index contributed by atoms with van der Waals surface area (Å²) in [5.41, 5.74) is 1.24. The van der Waals surface area contributed by atoms with E-state index in [-0.39, 0.29) is 34.3 Å². The summed E-state index contributed by atoms with van der Waals surface area (Å²) in [5.74, 6) is 0.933. The van der Waals surface area contributed by atoms with Gasteiger partial charge in [0.2, 0.25) is 5.91 Å². The van der Waals surface area contributed by atoms with Gasteiger partial charge in [0.25, 0.3) is 5.56 Å². The molecule has 1 aromatic heterocycles. The molecule has 0 saturated heterocycles. The second-order valence-corrected chi connectivity index (χ2v) is 7.79. The Morgan fingerprint density at radius 1 is 1.16 bits per heavy atom. The number of amides is 1. The van der Waals surface area contributed by atoms with Crippen molar-refractivity contribution < 1.29 is 9.90 Å². The number of nitrogens with one attached hydrogen (secondary N) is 2. The first-order valence-corrected chi connectivity index (χ1v) is 9.73. The number of hydrogen-bond acceptors (Lipinski definition) is 4. The summed E-state index contributed by atoms with van der Waals surface area (Å²) in [7, 11) is 0. The highest BCUT2D eigenvalue weighted by molar-refractivity contribution is 8.00. The lowest BCUT2D eigenvalue weighted by Crippen LogP contribution is -2.21. The number of hydrogen-bond donors (Lipinski definition) is 3. The molecule has 6 nitrogen and oxygen atoms in total. The first-order valence-electron chi connectivity index (χ1n) is 8.68. The lowest BCUT2D eigenvalue weighted by atomic mass is 9.95. The van der Waals surface area contributed by atoms with Crippen molar-refractivity contribution in [1.29, 1.82) is 0 Å². The lowest BCUT2D eigenvalue weighted by Gasteiger charge is -2.24. The highest BCUT2D eigenvalue weighted by atomic mass is 32.2. The fraction of sp³-hybridized carbons (Fsp3) is 0.444. The predicted molar refractivity (Wildman–Crippen MR) is 98.2 cm³/mol. The van der Waals surface area contributed by atoms with Crippen LogP contribution in [-0.2, 0) is 4.79 Å². The van der Waals surface area contributed by atoms with Crippen molar-refractivity contribution in [2.75, 3.05) is 11.1 Å². The fourth-order valence-corrected chi connectivity index (χ4v) is 4.92. The van der Waals surface area contributed by atoms with Gasteiger partial charge >= 0.3 is 0 Å². The minimum atomic E-state index is -0.283. The van der Waals surface area contributed by atoms with Crippen LogP contribution in [0.5, 0.6) is 5.75 Å². The van der Waals surface area contributed by atoms with Crippen molar-refractivity contribution in [2.24, 2.45) is 0 Å². The molecule has 132 valence electrons. The molecule has 2 heterocycles. The molecular formula is C18H21N3O3S. The number of phenolic OH excluding ortho intramolecular Hbond substituents is 1. The Bertz CT molecular complexity index is 851. The number of aromatic nitrogens is 2. The van der Waals surface area contributed by atoms with Crippen LogP contribution in [0, 0.1) is 0 Å². The molecule has 0 bridgehead atoms. The smallest absolute Gasteiger partial charge is 0.270 e. The number of thioether (sulfide) groups is 1. The van der Waals surface area contributed by atoms with Gasteiger partial charge in [0, 0.05) is 0 Å². The number of benzene rings is 1. The van der Waals surface area contributed by atoms with E-state index in [2.05, 4.69) is 10.4 Å². The summed E-state index contributed by atoms with van der Waals surface area (Å²) in [6.07, 6.45) is 5.52. The summed E-state index contributed by atoms with van der Waals surface area (Å²) in [4.78, 5) is 25.0. The molecule has 7 heteroatoms. The van der Waals surface area contributed by atoms with Crippen molar-refractivity contribution >= 4 is 23.5 Å². The summed E-state index contributed by atoms with van der Waals surface area (Å²) >= 11 is 1.41. The molecule has 2 aromatic rings. The van der Waals surface area contributed by atoms with E-state index < -0.39 is 0 Å². The maximum atomic E-state index is 12.8. The van der Waals surface area contributed by atoms with Crippen LogP contribution in [-0.4, -0.2) is 26.5 Å². The predicted octanol–water partition coefficient (Wildman–Crippen LogP) is 3.16. The molecule has 1 amide bonds. The van der Waals surface area contributed by atoms with Crippen molar-refractivity contribution in [3.05, 3.63) is 45.7 Å². The molecule has 3 N–H and O–H groups in total. The first kappa shape index (κ1) is 16.3. The third-order valence-corrected chi connectivity index (χ3v) is 6.25. The Morgan fingerprint density at radius 2 is 1.96 bits per heavy atom. The van der Waals surface area contributed by atoms with Crippen molar-refractivity contribution in [3.63, 3.8) is 0 Å². The van der Waals surface area contributed by atoms with Gasteiger partial charge in [-0.05, 0) is 30.5 Å². The van der Waals surface area contributed by atoms with Crippen LogP contribution in [0.15, 0.2) is 29.1 Å². The topological polar surface area (TPSA) is 87.1 Å². The molecule has 0 radical (unpaired) electrons. The van der Waals surface area contributed by atoms with E-state index in [9.17, 15) is 14.7 Å². The van der Waals surface area contributed by atoms with E-state index in [0.717, 1.165) is 31.2 Å². The van der Waals surface area contributed by atoms with E-state index >= 15 is 0 Å². The van der Waals surface area contributed by atoms with Crippen molar-refractivity contribution in [2.45, 2.75) is 43.4 Å². The van der Waals surface area contributed by atoms with Gasteiger partial charge in [-0.25, -0.2) is 0 Å². The highest BCUT2D eigenvalue weighted by Gasteiger charge is 2.32. The molecule has 0 spiro atoms. The molecule has 1 saturated carbocycles. The molecule has 1 atom stereocenters. The zero-order valence-corrected chi connectivity index (χ0v) is 14.6. The first-order chi connectivity index (χ1) is 12.1. The van der Waals surface area contributed by atoms with Crippen LogP contribution in [0.2, 0.25) is 0 Å². The van der Waals surface area contributed by atoms with Crippen LogP contribution in [0.25, 0.3) is 0 Å². The minimum Gasteiger partial charge on any atom is -0.508 e. The number of H-pyrrole nitrogens is 1. The van der Waals surface area contributed by atoms with E-state index in [1.165, 1.54) is 18.2 Å². The molecule has 1 aliphatic heterocycles. The second-order valence-electron chi connectivity index (χ2n) is 6.70. The van der Waals surface area contributed by atoms with Gasteiger partial charge < -0.3 is 10.4 Å². The van der Waals surface area contributed by atoms with E-state index in [1.807, 2.05) is 10.7 Å². The van der Waals surface area contributed by atoms with Crippen LogP contribution >= 0.6 is 11.8 Å². The SMILES string of the molecule is O=C1CSC(c2cccc(O)c2)c2c(n(C3CCCCC3)[nH]c2=O)N1. The Hall–Kier alpha value is -2.15. The summed E-state index contributed by atoms with van der Waals surface area (Å²) in [5, 5.41) is 15.4. The maximum absolute atomic E-state index is 12.8. The average Bonchev–Trinajstić information content (AvgIpc) is 2.82. The lowest BCUT2D eigenvalue weighted by molar-refractivity contribution is -0.113. The maximum Gasteiger partial charge on any atom is 0.270 e. The van der Waals surface area contributed by atoms with E-state index in [4.69, 9.17) is 0 Å². The molecular weight excluding hydrogens is 338 g/mol. The number of anilines is 1. The van der Waals surface area contributed by atoms with Gasteiger partial charge in [-0.2, -0.15) is 0 Å². The number of phenols is 1. The normalized spacial score (nSPS) is 21.4. The number of rotatable bonds is 2. The van der Waals surface area contributed by atoms with Crippen molar-refractivity contribution in [1.82, 2.24) is 9.78 Å². The molecule has 1 aliphatic carbocycles.